The molecule has 3 N–H and O–H groups in total. The van der Waals surface area contributed by atoms with Crippen molar-refractivity contribution in [3.8, 4) is 0 Å². The number of anilines is 1. The number of aromatic amines is 1. The maximum absolute atomic E-state index is 11.4. The Morgan fingerprint density at radius 3 is 2.71 bits per heavy atom. The summed E-state index contributed by atoms with van der Waals surface area (Å²) in [6.07, 6.45) is 0.777. The second-order valence-corrected chi connectivity index (χ2v) is 3.23. The zero-order valence-electron chi connectivity index (χ0n) is 8.26. The van der Waals surface area contributed by atoms with Gasteiger partial charge in [-0.25, -0.2) is 0 Å². The van der Waals surface area contributed by atoms with Crippen molar-refractivity contribution in [1.29, 1.82) is 0 Å². The van der Waals surface area contributed by atoms with Crippen LogP contribution < -0.4 is 11.3 Å². The quantitative estimate of drug-likeness (QED) is 0.720. The summed E-state index contributed by atoms with van der Waals surface area (Å²) in [6, 6.07) is 0. The van der Waals surface area contributed by atoms with Gasteiger partial charge in [-0.15, -0.1) is 0 Å². The number of nitrogen functional groups attached to an aromatic ring is 1. The number of ketones is 1. The number of Topliss-reactive ketones (excluding diaryl/α,β-unsaturated/α-hetero) is 1. The van der Waals surface area contributed by atoms with Crippen molar-refractivity contribution < 1.29 is 4.79 Å². The van der Waals surface area contributed by atoms with Crippen LogP contribution in [0.15, 0.2) is 4.79 Å². The molecule has 0 spiro atoms. The number of nitrogens with one attached hydrogen (secondary N) is 1. The molecule has 0 amide bonds. The Labute approximate surface area is 81.4 Å². The van der Waals surface area contributed by atoms with Crippen LogP contribution in [0.2, 0.25) is 0 Å². The molecule has 0 radical (unpaired) electrons. The van der Waals surface area contributed by atoms with E-state index < -0.39 is 0 Å². The SMILES string of the molecule is CC(=O)CCc1c(C)[nH]c(N)nc1=O. The molecule has 0 fully saturated rings. The lowest BCUT2D eigenvalue weighted by atomic mass is 10.1. The standard InChI is InChI=1S/C9H13N3O2/c1-5(13)3-4-7-6(2)11-9(10)12-8(7)14/h3-4H2,1-2H3,(H3,10,11,12,14). The van der Waals surface area contributed by atoms with Crippen LogP contribution in [0, 0.1) is 6.92 Å². The van der Waals surface area contributed by atoms with Crippen LogP contribution in [-0.2, 0) is 11.2 Å². The third kappa shape index (κ3) is 2.42. The average molecular weight is 195 g/mol. The lowest BCUT2D eigenvalue weighted by Crippen LogP contribution is -2.19. The van der Waals surface area contributed by atoms with E-state index in [-0.39, 0.29) is 17.3 Å². The Morgan fingerprint density at radius 2 is 2.21 bits per heavy atom. The first kappa shape index (κ1) is 10.4. The van der Waals surface area contributed by atoms with Gasteiger partial charge in [0.1, 0.15) is 5.78 Å². The van der Waals surface area contributed by atoms with Gasteiger partial charge in [0, 0.05) is 17.7 Å². The summed E-state index contributed by atoms with van der Waals surface area (Å²) in [5.74, 6) is 0.166. The lowest BCUT2D eigenvalue weighted by molar-refractivity contribution is -0.116. The molecule has 14 heavy (non-hydrogen) atoms. The Hall–Kier alpha value is -1.65. The van der Waals surface area contributed by atoms with Crippen LogP contribution in [0.3, 0.4) is 0 Å². The maximum atomic E-state index is 11.4. The topological polar surface area (TPSA) is 88.8 Å². The summed E-state index contributed by atoms with van der Waals surface area (Å²) in [5, 5.41) is 0. The monoisotopic (exact) mass is 195 g/mol. The van der Waals surface area contributed by atoms with Crippen molar-refractivity contribution in [3.63, 3.8) is 0 Å². The van der Waals surface area contributed by atoms with E-state index in [4.69, 9.17) is 5.73 Å². The van der Waals surface area contributed by atoms with Gasteiger partial charge in [-0.3, -0.25) is 4.79 Å². The van der Waals surface area contributed by atoms with Crippen molar-refractivity contribution in [2.75, 3.05) is 5.73 Å². The van der Waals surface area contributed by atoms with Crippen LogP contribution in [0.4, 0.5) is 5.95 Å². The lowest BCUT2D eigenvalue weighted by Gasteiger charge is -2.03. The third-order valence-corrected chi connectivity index (χ3v) is 1.98. The van der Waals surface area contributed by atoms with Crippen molar-refractivity contribution in [2.24, 2.45) is 0 Å². The second-order valence-electron chi connectivity index (χ2n) is 3.23. The Kier molecular flexibility index (Phi) is 3.01. The molecular weight excluding hydrogens is 182 g/mol. The largest absolute Gasteiger partial charge is 0.369 e. The third-order valence-electron chi connectivity index (χ3n) is 1.98. The highest BCUT2D eigenvalue weighted by molar-refractivity contribution is 5.75. The van der Waals surface area contributed by atoms with Gasteiger partial charge in [0.05, 0.1) is 0 Å². The summed E-state index contributed by atoms with van der Waals surface area (Å²) < 4.78 is 0. The smallest absolute Gasteiger partial charge is 0.277 e. The van der Waals surface area contributed by atoms with E-state index in [9.17, 15) is 9.59 Å². The minimum Gasteiger partial charge on any atom is -0.369 e. The molecule has 5 heteroatoms. The average Bonchev–Trinajstić information content (AvgIpc) is 2.01. The van der Waals surface area contributed by atoms with Gasteiger partial charge in [0.15, 0.2) is 0 Å². The molecule has 5 nitrogen and oxygen atoms in total. The molecule has 76 valence electrons. The minimum absolute atomic E-state index is 0.0561. The van der Waals surface area contributed by atoms with Gasteiger partial charge in [-0.1, -0.05) is 0 Å². The van der Waals surface area contributed by atoms with Crippen LogP contribution in [0.25, 0.3) is 0 Å². The van der Waals surface area contributed by atoms with Crippen LogP contribution >= 0.6 is 0 Å². The Bertz CT molecular complexity index is 409. The summed E-state index contributed by atoms with van der Waals surface area (Å²) >= 11 is 0. The van der Waals surface area contributed by atoms with E-state index in [0.717, 1.165) is 0 Å². The number of H-pyrrole nitrogens is 1. The molecule has 0 bridgehead atoms. The van der Waals surface area contributed by atoms with Crippen molar-refractivity contribution in [2.45, 2.75) is 26.7 Å². The zero-order chi connectivity index (χ0) is 10.7. The van der Waals surface area contributed by atoms with E-state index in [2.05, 4.69) is 9.97 Å². The number of hydrogen-bond donors (Lipinski definition) is 2. The molecule has 0 saturated heterocycles. The molecule has 0 aromatic carbocycles. The highest BCUT2D eigenvalue weighted by atomic mass is 16.1. The molecule has 1 heterocycles. The summed E-state index contributed by atoms with van der Waals surface area (Å²) in [5.41, 5.74) is 6.22. The Morgan fingerprint density at radius 1 is 1.57 bits per heavy atom. The maximum Gasteiger partial charge on any atom is 0.277 e. The summed E-state index contributed by atoms with van der Waals surface area (Å²) in [4.78, 5) is 28.4. The van der Waals surface area contributed by atoms with E-state index in [1.54, 1.807) is 6.92 Å². The van der Waals surface area contributed by atoms with Gasteiger partial charge in [0.25, 0.3) is 5.56 Å². The zero-order valence-corrected chi connectivity index (χ0v) is 8.26. The number of carbonyl (C=O) groups excluding carboxylic acids is 1. The molecule has 0 saturated carbocycles. The first-order chi connectivity index (χ1) is 6.50. The fourth-order valence-corrected chi connectivity index (χ4v) is 1.23. The van der Waals surface area contributed by atoms with E-state index in [0.29, 0.717) is 24.1 Å². The number of rotatable bonds is 3. The molecule has 1 aromatic rings. The number of carbonyl (C=O) groups is 1. The predicted molar refractivity (Wildman–Crippen MR) is 53.0 cm³/mol. The predicted octanol–water partition coefficient (Wildman–Crippen LogP) is 0.182. The second kappa shape index (κ2) is 4.04. The van der Waals surface area contributed by atoms with Crippen LogP contribution in [0.1, 0.15) is 24.6 Å². The van der Waals surface area contributed by atoms with E-state index in [1.165, 1.54) is 6.92 Å². The number of nitrogens with two attached hydrogens (primary N) is 1. The number of aryl methyl sites for hydroxylation is 1. The molecule has 0 aliphatic heterocycles. The van der Waals surface area contributed by atoms with Crippen molar-refractivity contribution >= 4 is 11.7 Å². The van der Waals surface area contributed by atoms with Crippen molar-refractivity contribution in [3.05, 3.63) is 21.6 Å². The highest BCUT2D eigenvalue weighted by Crippen LogP contribution is 2.03. The first-order valence-electron chi connectivity index (χ1n) is 4.35. The van der Waals surface area contributed by atoms with Gasteiger partial charge in [0.2, 0.25) is 5.95 Å². The number of nitrogens with zero attached hydrogens (tertiary/aromatic N) is 1. The summed E-state index contributed by atoms with van der Waals surface area (Å²) in [6.45, 7) is 3.24. The molecule has 0 aliphatic rings. The molecule has 0 unspecified atom stereocenters. The van der Waals surface area contributed by atoms with Gasteiger partial charge < -0.3 is 15.5 Å². The van der Waals surface area contributed by atoms with E-state index >= 15 is 0 Å². The first-order valence-corrected chi connectivity index (χ1v) is 4.35. The fraction of sp³-hybridized carbons (Fsp3) is 0.444. The molecule has 1 rings (SSSR count). The number of hydrogen-bond acceptors (Lipinski definition) is 4. The summed E-state index contributed by atoms with van der Waals surface area (Å²) in [7, 11) is 0. The molecule has 0 aliphatic carbocycles. The highest BCUT2D eigenvalue weighted by Gasteiger charge is 2.07. The van der Waals surface area contributed by atoms with Crippen LogP contribution in [0.5, 0.6) is 0 Å². The Balaban J connectivity index is 2.97. The fourth-order valence-electron chi connectivity index (χ4n) is 1.23. The van der Waals surface area contributed by atoms with E-state index in [1.807, 2.05) is 0 Å². The van der Waals surface area contributed by atoms with Gasteiger partial charge in [-0.05, 0) is 20.3 Å². The number of aromatic nitrogens is 2. The molecule has 0 atom stereocenters. The van der Waals surface area contributed by atoms with Crippen molar-refractivity contribution in [1.82, 2.24) is 9.97 Å². The van der Waals surface area contributed by atoms with Crippen LogP contribution in [-0.4, -0.2) is 15.8 Å². The van der Waals surface area contributed by atoms with Gasteiger partial charge in [-0.2, -0.15) is 4.98 Å². The minimum atomic E-state index is -0.347. The molecular formula is C9H13N3O2. The normalized spacial score (nSPS) is 10.1. The molecule has 1 aromatic heterocycles. The van der Waals surface area contributed by atoms with Gasteiger partial charge >= 0.3 is 0 Å².